The van der Waals surface area contributed by atoms with E-state index in [1.54, 1.807) is 0 Å². The van der Waals surface area contributed by atoms with Crippen molar-refractivity contribution in [1.82, 2.24) is 5.48 Å². The van der Waals surface area contributed by atoms with Crippen LogP contribution < -0.4 is 5.48 Å². The maximum Gasteiger partial charge on any atom is 0.325 e. The van der Waals surface area contributed by atoms with Crippen molar-refractivity contribution in [3.8, 4) is 0 Å². The van der Waals surface area contributed by atoms with Gasteiger partial charge in [0.05, 0.1) is 19.8 Å². The lowest BCUT2D eigenvalue weighted by molar-refractivity contribution is -0.154. The largest absolute Gasteiger partial charge is 0.469 e. The third-order valence-corrected chi connectivity index (χ3v) is 1.86. The summed E-state index contributed by atoms with van der Waals surface area (Å²) in [5, 5.41) is 0. The number of hydrogen-bond donors (Lipinski definition) is 1. The highest BCUT2D eigenvalue weighted by atomic mass is 16.7. The van der Waals surface area contributed by atoms with Gasteiger partial charge in [-0.15, -0.1) is 0 Å². The highest BCUT2D eigenvalue weighted by Crippen LogP contribution is 2.07. The van der Waals surface area contributed by atoms with Crippen LogP contribution in [-0.4, -0.2) is 37.8 Å². The molecule has 0 spiro atoms. The Balaban J connectivity index is 4.24. The molecule has 6 nitrogen and oxygen atoms in total. The van der Waals surface area contributed by atoms with E-state index in [1.807, 2.05) is 20.8 Å². The molecule has 6 heteroatoms. The van der Waals surface area contributed by atoms with Crippen molar-refractivity contribution >= 4 is 11.9 Å². The van der Waals surface area contributed by atoms with E-state index in [-0.39, 0.29) is 18.8 Å². The van der Waals surface area contributed by atoms with Gasteiger partial charge in [-0.25, -0.2) is 0 Å². The van der Waals surface area contributed by atoms with Gasteiger partial charge in [0.1, 0.15) is 6.04 Å². The molecular formula is C11H21NO5. The summed E-state index contributed by atoms with van der Waals surface area (Å²) in [6, 6.07) is -0.682. The standard InChI is InChI=1S/C11H21NO5/c1-11(2,3)17-12-8(10(14)16-5)6-7-9(13)15-4/h8,12H,6-7H2,1-5H3. The van der Waals surface area contributed by atoms with Crippen molar-refractivity contribution in [2.24, 2.45) is 0 Å². The fraction of sp³-hybridized carbons (Fsp3) is 0.818. The predicted octanol–water partition coefficient (Wildman–Crippen LogP) is 0.801. The lowest BCUT2D eigenvalue weighted by Gasteiger charge is -2.23. The van der Waals surface area contributed by atoms with Gasteiger partial charge in [-0.1, -0.05) is 0 Å². The van der Waals surface area contributed by atoms with Crippen LogP contribution in [-0.2, 0) is 23.9 Å². The molecule has 0 rings (SSSR count). The molecule has 1 N–H and O–H groups in total. The molecule has 0 saturated heterocycles. The Kier molecular flexibility index (Phi) is 6.75. The fourth-order valence-electron chi connectivity index (χ4n) is 0.979. The summed E-state index contributed by atoms with van der Waals surface area (Å²) in [7, 11) is 2.58. The number of hydrogen-bond acceptors (Lipinski definition) is 6. The summed E-state index contributed by atoms with van der Waals surface area (Å²) in [4.78, 5) is 27.7. The summed E-state index contributed by atoms with van der Waals surface area (Å²) < 4.78 is 9.11. The first-order valence-corrected chi connectivity index (χ1v) is 5.38. The van der Waals surface area contributed by atoms with Crippen molar-refractivity contribution in [2.75, 3.05) is 14.2 Å². The normalized spacial score (nSPS) is 13.0. The Morgan fingerprint density at radius 1 is 1.18 bits per heavy atom. The Morgan fingerprint density at radius 2 is 1.76 bits per heavy atom. The van der Waals surface area contributed by atoms with Gasteiger partial charge in [0, 0.05) is 6.42 Å². The molecule has 1 atom stereocenters. The van der Waals surface area contributed by atoms with Crippen LogP contribution in [0.2, 0.25) is 0 Å². The maximum atomic E-state index is 11.4. The van der Waals surface area contributed by atoms with E-state index in [0.29, 0.717) is 0 Å². The smallest absolute Gasteiger partial charge is 0.325 e. The summed E-state index contributed by atoms with van der Waals surface area (Å²) in [6.45, 7) is 5.53. The van der Waals surface area contributed by atoms with E-state index < -0.39 is 17.6 Å². The van der Waals surface area contributed by atoms with Gasteiger partial charge in [0.15, 0.2) is 0 Å². The lowest BCUT2D eigenvalue weighted by Crippen LogP contribution is -2.42. The van der Waals surface area contributed by atoms with Crippen molar-refractivity contribution < 1.29 is 23.9 Å². The van der Waals surface area contributed by atoms with E-state index in [1.165, 1.54) is 14.2 Å². The number of nitrogens with one attached hydrogen (secondary N) is 1. The summed E-state index contributed by atoms with van der Waals surface area (Å²) in [6.07, 6.45) is 0.381. The third kappa shape index (κ3) is 7.70. The van der Waals surface area contributed by atoms with Gasteiger partial charge < -0.3 is 9.47 Å². The molecule has 0 aromatic rings. The average Bonchev–Trinajstić information content (AvgIpc) is 2.26. The average molecular weight is 247 g/mol. The Bertz CT molecular complexity index is 259. The first-order chi connectivity index (χ1) is 7.80. The Labute approximate surface area is 102 Å². The number of carbonyl (C=O) groups is 2. The van der Waals surface area contributed by atoms with Crippen LogP contribution in [0.25, 0.3) is 0 Å². The zero-order valence-corrected chi connectivity index (χ0v) is 11.0. The quantitative estimate of drug-likeness (QED) is 0.553. The van der Waals surface area contributed by atoms with E-state index in [4.69, 9.17) is 4.84 Å². The lowest BCUT2D eigenvalue weighted by atomic mass is 10.1. The highest BCUT2D eigenvalue weighted by molar-refractivity contribution is 5.77. The molecular weight excluding hydrogens is 226 g/mol. The second kappa shape index (κ2) is 7.24. The summed E-state index contributed by atoms with van der Waals surface area (Å²) >= 11 is 0. The molecule has 0 aromatic heterocycles. The van der Waals surface area contributed by atoms with Crippen LogP contribution in [0, 0.1) is 0 Å². The molecule has 0 bridgehead atoms. The fourth-order valence-corrected chi connectivity index (χ4v) is 0.979. The van der Waals surface area contributed by atoms with Crippen LogP contribution in [0.5, 0.6) is 0 Å². The van der Waals surface area contributed by atoms with Gasteiger partial charge in [-0.2, -0.15) is 5.48 Å². The minimum atomic E-state index is -0.682. The third-order valence-electron chi connectivity index (χ3n) is 1.86. The van der Waals surface area contributed by atoms with Gasteiger partial charge in [-0.05, 0) is 27.2 Å². The molecule has 0 aliphatic rings. The molecule has 0 fully saturated rings. The maximum absolute atomic E-state index is 11.4. The molecule has 0 radical (unpaired) electrons. The van der Waals surface area contributed by atoms with Crippen LogP contribution in [0.4, 0.5) is 0 Å². The topological polar surface area (TPSA) is 73.9 Å². The number of hydroxylamine groups is 1. The molecule has 17 heavy (non-hydrogen) atoms. The van der Waals surface area contributed by atoms with E-state index >= 15 is 0 Å². The van der Waals surface area contributed by atoms with Gasteiger partial charge >= 0.3 is 11.9 Å². The molecule has 0 saturated carbocycles. The predicted molar refractivity (Wildman–Crippen MR) is 61.0 cm³/mol. The molecule has 0 aromatic carbocycles. The van der Waals surface area contributed by atoms with E-state index in [9.17, 15) is 9.59 Å². The van der Waals surface area contributed by atoms with Crippen LogP contribution in [0.15, 0.2) is 0 Å². The summed E-state index contributed by atoms with van der Waals surface area (Å²) in [5.74, 6) is -0.852. The molecule has 0 aliphatic carbocycles. The van der Waals surface area contributed by atoms with Crippen molar-refractivity contribution in [3.05, 3.63) is 0 Å². The second-order valence-electron chi connectivity index (χ2n) is 4.52. The van der Waals surface area contributed by atoms with Gasteiger partial charge in [0.25, 0.3) is 0 Å². The zero-order chi connectivity index (χ0) is 13.5. The Hall–Kier alpha value is -1.14. The van der Waals surface area contributed by atoms with Gasteiger partial charge in [0.2, 0.25) is 0 Å². The van der Waals surface area contributed by atoms with Crippen LogP contribution in [0.1, 0.15) is 33.6 Å². The van der Waals surface area contributed by atoms with Crippen molar-refractivity contribution in [1.29, 1.82) is 0 Å². The van der Waals surface area contributed by atoms with E-state index in [0.717, 1.165) is 0 Å². The number of rotatable bonds is 6. The minimum Gasteiger partial charge on any atom is -0.469 e. The molecule has 1 unspecified atom stereocenters. The summed E-state index contributed by atoms with van der Waals surface area (Å²) in [5.41, 5.74) is 2.17. The number of ether oxygens (including phenoxy) is 2. The number of esters is 2. The Morgan fingerprint density at radius 3 is 2.18 bits per heavy atom. The monoisotopic (exact) mass is 247 g/mol. The van der Waals surface area contributed by atoms with Crippen LogP contribution >= 0.6 is 0 Å². The van der Waals surface area contributed by atoms with Crippen molar-refractivity contribution in [3.63, 3.8) is 0 Å². The first kappa shape index (κ1) is 15.9. The first-order valence-electron chi connectivity index (χ1n) is 5.38. The molecule has 0 amide bonds. The number of carbonyl (C=O) groups excluding carboxylic acids is 2. The SMILES string of the molecule is COC(=O)CCC(NOC(C)(C)C)C(=O)OC. The molecule has 0 heterocycles. The second-order valence-corrected chi connectivity index (χ2v) is 4.52. The van der Waals surface area contributed by atoms with Crippen molar-refractivity contribution in [2.45, 2.75) is 45.3 Å². The van der Waals surface area contributed by atoms with Crippen LogP contribution in [0.3, 0.4) is 0 Å². The molecule has 100 valence electrons. The molecule has 0 aliphatic heterocycles. The number of methoxy groups -OCH3 is 2. The van der Waals surface area contributed by atoms with Gasteiger partial charge in [-0.3, -0.25) is 14.4 Å². The highest BCUT2D eigenvalue weighted by Gasteiger charge is 2.23. The zero-order valence-electron chi connectivity index (χ0n) is 11.0. The van der Waals surface area contributed by atoms with E-state index in [2.05, 4.69) is 15.0 Å². The minimum absolute atomic E-state index is 0.122.